The smallest absolute Gasteiger partial charge is 0.444 e. The van der Waals surface area contributed by atoms with Crippen LogP contribution in [0.5, 0.6) is 0 Å². The maximum Gasteiger partial charge on any atom is 0.508 e. The first-order valence-corrected chi connectivity index (χ1v) is 10.0. The molecule has 160 valence electrons. The summed E-state index contributed by atoms with van der Waals surface area (Å²) in [6.07, 6.45) is -4.14. The van der Waals surface area contributed by atoms with Crippen molar-refractivity contribution in [3.8, 4) is 0 Å². The Kier molecular flexibility index (Phi) is 7.03. The molecule has 0 aliphatic carbocycles. The number of amides is 2. The highest BCUT2D eigenvalue weighted by molar-refractivity contribution is 7.84. The predicted molar refractivity (Wildman–Crippen MR) is 97.8 cm³/mol. The molecule has 1 saturated heterocycles. The molecule has 0 saturated carbocycles. The predicted octanol–water partition coefficient (Wildman–Crippen LogP) is 1.10. The number of ether oxygens (including phenoxy) is 3. The Balaban J connectivity index is 2.05. The van der Waals surface area contributed by atoms with Crippen molar-refractivity contribution in [3.05, 3.63) is 35.9 Å². The first-order valence-electron chi connectivity index (χ1n) is 8.62. The molecular formula is C17H22N2O9S. The molecule has 0 spiro atoms. The largest absolute Gasteiger partial charge is 0.508 e. The van der Waals surface area contributed by atoms with E-state index in [0.717, 1.165) is 5.56 Å². The Labute approximate surface area is 167 Å². The molecule has 29 heavy (non-hydrogen) atoms. The molecule has 1 aromatic rings. The molecule has 0 aromatic heterocycles. The lowest BCUT2D eigenvalue weighted by Gasteiger charge is -2.47. The van der Waals surface area contributed by atoms with Gasteiger partial charge in [0.15, 0.2) is 0 Å². The summed E-state index contributed by atoms with van der Waals surface area (Å²) >= 11 is 0. The molecule has 11 nitrogen and oxygen atoms in total. The van der Waals surface area contributed by atoms with E-state index in [1.807, 2.05) is 0 Å². The molecule has 1 aliphatic rings. The lowest BCUT2D eigenvalue weighted by atomic mass is 9.83. The van der Waals surface area contributed by atoms with Crippen molar-refractivity contribution >= 4 is 28.5 Å². The SMILES string of the molecule is CNC(=O)O[C@@H](C)[C@@H]1[C@@H]([C@@H](C)OC(=O)OCc2ccccc2)C(=O)N1S(=O)(=O)O. The van der Waals surface area contributed by atoms with Gasteiger partial charge in [-0.05, 0) is 19.4 Å². The summed E-state index contributed by atoms with van der Waals surface area (Å²) in [7, 11) is -3.59. The highest BCUT2D eigenvalue weighted by Gasteiger charge is 2.59. The summed E-state index contributed by atoms with van der Waals surface area (Å²) < 4.78 is 47.6. The van der Waals surface area contributed by atoms with Gasteiger partial charge in [-0.2, -0.15) is 8.42 Å². The second kappa shape index (κ2) is 9.09. The van der Waals surface area contributed by atoms with Gasteiger partial charge in [0, 0.05) is 7.05 Å². The number of hydrogen-bond donors (Lipinski definition) is 2. The third kappa shape index (κ3) is 5.35. The number of benzene rings is 1. The van der Waals surface area contributed by atoms with Crippen molar-refractivity contribution in [2.24, 2.45) is 5.92 Å². The van der Waals surface area contributed by atoms with Crippen LogP contribution in [0.3, 0.4) is 0 Å². The Bertz CT molecular complexity index is 859. The van der Waals surface area contributed by atoms with Gasteiger partial charge >= 0.3 is 22.6 Å². The summed E-state index contributed by atoms with van der Waals surface area (Å²) in [6, 6.07) is 7.56. The molecule has 12 heteroatoms. The van der Waals surface area contributed by atoms with Crippen LogP contribution in [0, 0.1) is 5.92 Å². The number of carbonyl (C=O) groups is 3. The van der Waals surface area contributed by atoms with Gasteiger partial charge in [-0.25, -0.2) is 13.9 Å². The van der Waals surface area contributed by atoms with Crippen LogP contribution in [-0.2, 0) is 35.9 Å². The quantitative estimate of drug-likeness (QED) is 0.368. The maximum atomic E-state index is 12.3. The number of nitrogens with zero attached hydrogens (tertiary/aromatic N) is 1. The minimum absolute atomic E-state index is 0.0538. The van der Waals surface area contributed by atoms with Crippen LogP contribution in [0.4, 0.5) is 9.59 Å². The number of rotatable bonds is 7. The average Bonchev–Trinajstić information content (AvgIpc) is 2.63. The topological polar surface area (TPSA) is 149 Å². The minimum Gasteiger partial charge on any atom is -0.444 e. The van der Waals surface area contributed by atoms with Crippen LogP contribution in [0.15, 0.2) is 30.3 Å². The van der Waals surface area contributed by atoms with Crippen molar-refractivity contribution in [2.75, 3.05) is 7.05 Å². The average molecular weight is 430 g/mol. The van der Waals surface area contributed by atoms with Crippen LogP contribution >= 0.6 is 0 Å². The molecule has 1 aromatic carbocycles. The summed E-state index contributed by atoms with van der Waals surface area (Å²) in [5.74, 6) is -2.16. The van der Waals surface area contributed by atoms with Crippen molar-refractivity contribution < 1.29 is 41.6 Å². The Morgan fingerprint density at radius 1 is 1.17 bits per heavy atom. The summed E-state index contributed by atoms with van der Waals surface area (Å²) in [4.78, 5) is 35.6. The Hall–Kier alpha value is -2.86. The molecule has 2 N–H and O–H groups in total. The highest BCUT2D eigenvalue weighted by atomic mass is 32.2. The fourth-order valence-corrected chi connectivity index (χ4v) is 3.96. The zero-order valence-corrected chi connectivity index (χ0v) is 16.8. The minimum atomic E-state index is -4.89. The monoisotopic (exact) mass is 430 g/mol. The number of carbonyl (C=O) groups excluding carboxylic acids is 3. The molecule has 1 fully saturated rings. The van der Waals surface area contributed by atoms with E-state index < -0.39 is 52.6 Å². The molecule has 4 atom stereocenters. The summed E-state index contributed by atoms with van der Waals surface area (Å²) in [5.41, 5.74) is 0.722. The summed E-state index contributed by atoms with van der Waals surface area (Å²) in [5, 5.41) is 2.19. The number of nitrogens with one attached hydrogen (secondary N) is 1. The third-order valence-electron chi connectivity index (χ3n) is 4.36. The van der Waals surface area contributed by atoms with E-state index in [9.17, 15) is 27.4 Å². The number of hydrogen-bond acceptors (Lipinski definition) is 8. The molecular weight excluding hydrogens is 408 g/mol. The van der Waals surface area contributed by atoms with Crippen molar-refractivity contribution in [1.29, 1.82) is 0 Å². The maximum absolute atomic E-state index is 12.3. The fraction of sp³-hybridized carbons (Fsp3) is 0.471. The molecule has 2 rings (SSSR count). The van der Waals surface area contributed by atoms with Gasteiger partial charge < -0.3 is 19.5 Å². The Morgan fingerprint density at radius 2 is 1.79 bits per heavy atom. The van der Waals surface area contributed by atoms with Crippen molar-refractivity contribution in [2.45, 2.75) is 38.7 Å². The first kappa shape index (κ1) is 22.4. The summed E-state index contributed by atoms with van der Waals surface area (Å²) in [6.45, 7) is 2.66. The first-order chi connectivity index (χ1) is 13.6. The van der Waals surface area contributed by atoms with Crippen LogP contribution in [0.2, 0.25) is 0 Å². The van der Waals surface area contributed by atoms with Gasteiger partial charge in [0.1, 0.15) is 30.8 Å². The fourth-order valence-electron chi connectivity index (χ4n) is 3.01. The van der Waals surface area contributed by atoms with Gasteiger partial charge in [0.25, 0.3) is 0 Å². The van der Waals surface area contributed by atoms with Gasteiger partial charge in [-0.15, -0.1) is 0 Å². The van der Waals surface area contributed by atoms with Crippen LogP contribution < -0.4 is 5.32 Å². The lowest BCUT2D eigenvalue weighted by molar-refractivity contribution is -0.161. The van der Waals surface area contributed by atoms with Gasteiger partial charge in [-0.1, -0.05) is 30.3 Å². The van der Waals surface area contributed by atoms with Gasteiger partial charge in [0.05, 0.1) is 0 Å². The van der Waals surface area contributed by atoms with Crippen molar-refractivity contribution in [3.63, 3.8) is 0 Å². The molecule has 2 amide bonds. The van der Waals surface area contributed by atoms with E-state index in [4.69, 9.17) is 14.2 Å². The van der Waals surface area contributed by atoms with E-state index >= 15 is 0 Å². The van der Waals surface area contributed by atoms with E-state index in [2.05, 4.69) is 5.32 Å². The van der Waals surface area contributed by atoms with Crippen LogP contribution in [0.1, 0.15) is 19.4 Å². The van der Waals surface area contributed by atoms with Crippen LogP contribution in [0.25, 0.3) is 0 Å². The van der Waals surface area contributed by atoms with E-state index in [1.54, 1.807) is 30.3 Å². The standard InChI is InChI=1S/C17H22N2O9S/c1-10(28-17(22)26-9-12-7-5-4-6-8-12)13-14(11(2)27-16(21)18-3)19(15(13)20)29(23,24)25/h4-8,10-11,13-14H,9H2,1-3H3,(H,18,21)(H,23,24,25)/t10-,11+,13-,14-/m1/s1. The Morgan fingerprint density at radius 3 is 2.34 bits per heavy atom. The number of alkyl carbamates (subject to hydrolysis) is 1. The normalized spacial score (nSPS) is 20.8. The lowest BCUT2D eigenvalue weighted by Crippen LogP contribution is -2.70. The third-order valence-corrected chi connectivity index (χ3v) is 5.28. The van der Waals surface area contributed by atoms with E-state index in [-0.39, 0.29) is 10.9 Å². The van der Waals surface area contributed by atoms with Gasteiger partial charge in [0.2, 0.25) is 5.91 Å². The van der Waals surface area contributed by atoms with Crippen LogP contribution in [-0.4, -0.2) is 60.7 Å². The van der Waals surface area contributed by atoms with E-state index in [1.165, 1.54) is 20.9 Å². The second-order valence-electron chi connectivity index (χ2n) is 6.34. The second-order valence-corrected chi connectivity index (χ2v) is 7.62. The zero-order chi connectivity index (χ0) is 21.8. The van der Waals surface area contributed by atoms with Gasteiger partial charge in [-0.3, -0.25) is 9.35 Å². The van der Waals surface area contributed by atoms with E-state index in [0.29, 0.717) is 0 Å². The molecule has 0 radical (unpaired) electrons. The zero-order valence-electron chi connectivity index (χ0n) is 16.0. The molecule has 1 aliphatic heterocycles. The molecule has 0 bridgehead atoms. The number of β-lactam (4-membered cyclic amide) rings is 1. The molecule has 1 heterocycles. The molecule has 0 unspecified atom stereocenters. The highest BCUT2D eigenvalue weighted by Crippen LogP contribution is 2.36. The van der Waals surface area contributed by atoms with Crippen molar-refractivity contribution in [1.82, 2.24) is 9.62 Å².